The highest BCUT2D eigenvalue weighted by Crippen LogP contribution is 2.20. The zero-order chi connectivity index (χ0) is 12.4. The van der Waals surface area contributed by atoms with E-state index < -0.39 is 0 Å². The summed E-state index contributed by atoms with van der Waals surface area (Å²) in [4.78, 5) is 14.3. The smallest absolute Gasteiger partial charge is 0.255 e. The number of benzene rings is 1. The number of halogens is 1. The van der Waals surface area contributed by atoms with Gasteiger partial charge in [-0.15, -0.1) is 0 Å². The molecule has 0 unspecified atom stereocenters. The van der Waals surface area contributed by atoms with Gasteiger partial charge in [0.1, 0.15) is 0 Å². The number of aryl methyl sites for hydroxylation is 1. The van der Waals surface area contributed by atoms with Crippen molar-refractivity contribution in [2.24, 2.45) is 0 Å². The van der Waals surface area contributed by atoms with Gasteiger partial charge in [0.2, 0.25) is 0 Å². The minimum atomic E-state index is 0.154. The van der Waals surface area contributed by atoms with Crippen LogP contribution in [0.15, 0.2) is 29.8 Å². The summed E-state index contributed by atoms with van der Waals surface area (Å²) >= 11 is 2.26. The van der Waals surface area contributed by atoms with Gasteiger partial charge in [-0.2, -0.15) is 0 Å². The lowest BCUT2D eigenvalue weighted by Crippen LogP contribution is -2.35. The van der Waals surface area contributed by atoms with Crippen LogP contribution in [0, 0.1) is 10.5 Å². The summed E-state index contributed by atoms with van der Waals surface area (Å²) in [5.41, 5.74) is 3.38. The quantitative estimate of drug-likeness (QED) is 0.566. The molecule has 1 aromatic carbocycles. The van der Waals surface area contributed by atoms with Crippen LogP contribution < -0.4 is 0 Å². The lowest BCUT2D eigenvalue weighted by Gasteiger charge is -2.26. The Morgan fingerprint density at radius 1 is 1.35 bits per heavy atom. The number of carbonyl (C=O) groups is 1. The maximum Gasteiger partial charge on any atom is 0.255 e. The van der Waals surface area contributed by atoms with E-state index in [0.29, 0.717) is 0 Å². The Balaban J connectivity index is 2.23. The summed E-state index contributed by atoms with van der Waals surface area (Å²) in [5.74, 6) is 0.154. The molecule has 90 valence electrons. The van der Waals surface area contributed by atoms with Gasteiger partial charge < -0.3 is 4.90 Å². The summed E-state index contributed by atoms with van der Waals surface area (Å²) in [6, 6.07) is 5.91. The molecule has 0 N–H and O–H groups in total. The first-order valence-corrected chi connectivity index (χ1v) is 6.87. The Morgan fingerprint density at radius 2 is 2.12 bits per heavy atom. The van der Waals surface area contributed by atoms with Gasteiger partial charge in [-0.05, 0) is 54.5 Å². The summed E-state index contributed by atoms with van der Waals surface area (Å²) in [6.07, 6.45) is 3.14. The Morgan fingerprint density at radius 3 is 2.76 bits per heavy atom. The fraction of sp³-hybridized carbons (Fsp3) is 0.357. The number of amides is 1. The summed E-state index contributed by atoms with van der Waals surface area (Å²) < 4.78 is 1.07. The monoisotopic (exact) mass is 341 g/mol. The van der Waals surface area contributed by atoms with E-state index in [2.05, 4.69) is 35.6 Å². The largest absolute Gasteiger partial charge is 0.335 e. The molecule has 0 saturated heterocycles. The molecule has 0 fully saturated rings. The van der Waals surface area contributed by atoms with Crippen molar-refractivity contribution in [2.75, 3.05) is 13.1 Å². The molecule has 1 heterocycles. The highest BCUT2D eigenvalue weighted by molar-refractivity contribution is 14.1. The second-order valence-corrected chi connectivity index (χ2v) is 5.57. The van der Waals surface area contributed by atoms with E-state index in [1.807, 2.05) is 30.0 Å². The van der Waals surface area contributed by atoms with Crippen LogP contribution in [0.25, 0.3) is 0 Å². The SMILES string of the molecule is CC1=CCN(C(=O)c2cccc(C)c2I)CC1. The number of carbonyl (C=O) groups excluding carboxylic acids is 1. The van der Waals surface area contributed by atoms with Crippen LogP contribution in [0.1, 0.15) is 29.3 Å². The van der Waals surface area contributed by atoms with Crippen molar-refractivity contribution < 1.29 is 4.79 Å². The van der Waals surface area contributed by atoms with Gasteiger partial charge in [0.25, 0.3) is 5.91 Å². The fourth-order valence-corrected chi connectivity index (χ4v) is 2.53. The lowest BCUT2D eigenvalue weighted by molar-refractivity contribution is 0.0768. The molecule has 3 heteroatoms. The molecule has 1 amide bonds. The lowest BCUT2D eigenvalue weighted by atomic mass is 10.1. The molecule has 17 heavy (non-hydrogen) atoms. The van der Waals surface area contributed by atoms with Gasteiger partial charge in [0, 0.05) is 16.7 Å². The minimum Gasteiger partial charge on any atom is -0.335 e. The fourth-order valence-electron chi connectivity index (χ4n) is 1.94. The molecule has 2 rings (SSSR count). The first kappa shape index (κ1) is 12.6. The van der Waals surface area contributed by atoms with Crippen LogP contribution in [-0.4, -0.2) is 23.9 Å². The maximum absolute atomic E-state index is 12.4. The predicted octanol–water partition coefficient (Wildman–Crippen LogP) is 3.39. The Bertz CT molecular complexity index is 479. The third-order valence-electron chi connectivity index (χ3n) is 3.15. The number of rotatable bonds is 1. The molecule has 0 aromatic heterocycles. The Labute approximate surface area is 116 Å². The molecular formula is C14H16INO. The Kier molecular flexibility index (Phi) is 3.86. The Hall–Kier alpha value is -0.840. The van der Waals surface area contributed by atoms with Crippen molar-refractivity contribution in [3.8, 4) is 0 Å². The molecule has 0 atom stereocenters. The van der Waals surface area contributed by atoms with Gasteiger partial charge in [0.15, 0.2) is 0 Å². The molecule has 0 spiro atoms. The average Bonchev–Trinajstić information content (AvgIpc) is 2.33. The normalized spacial score (nSPS) is 15.7. The van der Waals surface area contributed by atoms with Crippen LogP contribution in [-0.2, 0) is 0 Å². The minimum absolute atomic E-state index is 0.154. The summed E-state index contributed by atoms with van der Waals surface area (Å²) in [7, 11) is 0. The van der Waals surface area contributed by atoms with Gasteiger partial charge >= 0.3 is 0 Å². The first-order chi connectivity index (χ1) is 8.09. The second kappa shape index (κ2) is 5.21. The zero-order valence-corrected chi connectivity index (χ0v) is 12.3. The van der Waals surface area contributed by atoms with E-state index in [1.165, 1.54) is 11.1 Å². The molecule has 2 nitrogen and oxygen atoms in total. The first-order valence-electron chi connectivity index (χ1n) is 5.79. The van der Waals surface area contributed by atoms with E-state index in [9.17, 15) is 4.79 Å². The van der Waals surface area contributed by atoms with Gasteiger partial charge in [0.05, 0.1) is 5.56 Å². The predicted molar refractivity (Wildman–Crippen MR) is 78.2 cm³/mol. The number of hydrogen-bond donors (Lipinski definition) is 0. The molecule has 1 aliphatic rings. The van der Waals surface area contributed by atoms with Gasteiger partial charge in [-0.1, -0.05) is 23.8 Å². The number of hydrogen-bond acceptors (Lipinski definition) is 1. The van der Waals surface area contributed by atoms with Gasteiger partial charge in [-0.3, -0.25) is 4.79 Å². The van der Waals surface area contributed by atoms with E-state index in [1.54, 1.807) is 0 Å². The molecule has 1 aromatic rings. The van der Waals surface area contributed by atoms with E-state index in [4.69, 9.17) is 0 Å². The highest BCUT2D eigenvalue weighted by atomic mass is 127. The van der Waals surface area contributed by atoms with Crippen LogP contribution >= 0.6 is 22.6 Å². The molecule has 0 saturated carbocycles. The van der Waals surface area contributed by atoms with E-state index in [-0.39, 0.29) is 5.91 Å². The topological polar surface area (TPSA) is 20.3 Å². The number of nitrogens with zero attached hydrogens (tertiary/aromatic N) is 1. The van der Waals surface area contributed by atoms with Crippen LogP contribution in [0.2, 0.25) is 0 Å². The third-order valence-corrected chi connectivity index (χ3v) is 4.58. The van der Waals surface area contributed by atoms with Crippen molar-refractivity contribution >= 4 is 28.5 Å². The van der Waals surface area contributed by atoms with Gasteiger partial charge in [-0.25, -0.2) is 0 Å². The van der Waals surface area contributed by atoms with Crippen molar-refractivity contribution in [1.82, 2.24) is 4.90 Å². The van der Waals surface area contributed by atoms with E-state index >= 15 is 0 Å². The van der Waals surface area contributed by atoms with Crippen LogP contribution in [0.3, 0.4) is 0 Å². The molecule has 1 aliphatic heterocycles. The molecular weight excluding hydrogens is 325 g/mol. The average molecular weight is 341 g/mol. The summed E-state index contributed by atoms with van der Waals surface area (Å²) in [5, 5.41) is 0. The highest BCUT2D eigenvalue weighted by Gasteiger charge is 2.19. The van der Waals surface area contributed by atoms with Crippen molar-refractivity contribution in [1.29, 1.82) is 0 Å². The van der Waals surface area contributed by atoms with Crippen molar-refractivity contribution in [2.45, 2.75) is 20.3 Å². The second-order valence-electron chi connectivity index (χ2n) is 4.49. The van der Waals surface area contributed by atoms with Crippen molar-refractivity contribution in [3.05, 3.63) is 44.5 Å². The molecule has 0 bridgehead atoms. The van der Waals surface area contributed by atoms with Crippen LogP contribution in [0.5, 0.6) is 0 Å². The zero-order valence-electron chi connectivity index (χ0n) is 10.2. The van der Waals surface area contributed by atoms with Crippen molar-refractivity contribution in [3.63, 3.8) is 0 Å². The van der Waals surface area contributed by atoms with E-state index in [0.717, 1.165) is 28.6 Å². The molecule has 0 aliphatic carbocycles. The standard InChI is InChI=1S/C14H16INO/c1-10-6-8-16(9-7-10)14(17)12-5-3-4-11(2)13(12)15/h3-6H,7-9H2,1-2H3. The van der Waals surface area contributed by atoms with Crippen LogP contribution in [0.4, 0.5) is 0 Å². The summed E-state index contributed by atoms with van der Waals surface area (Å²) in [6.45, 7) is 5.75. The third kappa shape index (κ3) is 2.70. The molecule has 0 radical (unpaired) electrons. The maximum atomic E-state index is 12.4.